The molecule has 0 radical (unpaired) electrons. The number of rotatable bonds is 4. The summed E-state index contributed by atoms with van der Waals surface area (Å²) in [5.74, 6) is 0.256. The van der Waals surface area contributed by atoms with Gasteiger partial charge in [-0.15, -0.1) is 0 Å². The van der Waals surface area contributed by atoms with Gasteiger partial charge in [-0.3, -0.25) is 9.69 Å². The van der Waals surface area contributed by atoms with Crippen molar-refractivity contribution in [3.8, 4) is 0 Å². The molecular weight excluding hydrogens is 238 g/mol. The van der Waals surface area contributed by atoms with Gasteiger partial charge in [-0.25, -0.2) is 0 Å². The van der Waals surface area contributed by atoms with Gasteiger partial charge in [0, 0.05) is 31.4 Å². The van der Waals surface area contributed by atoms with Crippen LogP contribution in [0.25, 0.3) is 0 Å². The molecule has 4 heteroatoms. The van der Waals surface area contributed by atoms with Crippen molar-refractivity contribution in [1.82, 2.24) is 9.80 Å². The quantitative estimate of drug-likeness (QED) is 0.842. The summed E-state index contributed by atoms with van der Waals surface area (Å²) in [4.78, 5) is 16.7. The third-order valence-corrected chi connectivity index (χ3v) is 4.22. The summed E-state index contributed by atoms with van der Waals surface area (Å²) in [7, 11) is 0. The van der Waals surface area contributed by atoms with Crippen LogP contribution < -0.4 is 5.73 Å². The number of likely N-dealkylation sites (tertiary alicyclic amines) is 1. The number of allylic oxidation sites excluding steroid dienone is 2. The Morgan fingerprint density at radius 1 is 1.42 bits per heavy atom. The molecule has 0 saturated carbocycles. The number of carbonyl (C=O) groups is 1. The van der Waals surface area contributed by atoms with E-state index < -0.39 is 0 Å². The Kier molecular flexibility index (Phi) is 5.40. The van der Waals surface area contributed by atoms with E-state index in [0.29, 0.717) is 12.6 Å². The standard InChI is InChI=1S/C15H27N3O/c1-2-18(14-6-4-3-5-7-14)15(19)12-17-10-8-13(16)9-11-17/h6,13H,2-5,7-12,16H2,1H3. The molecular formula is C15H27N3O. The van der Waals surface area contributed by atoms with E-state index in [4.69, 9.17) is 5.73 Å². The molecule has 19 heavy (non-hydrogen) atoms. The largest absolute Gasteiger partial charge is 0.328 e. The molecule has 1 saturated heterocycles. The average Bonchev–Trinajstić information content (AvgIpc) is 2.43. The Balaban J connectivity index is 1.88. The highest BCUT2D eigenvalue weighted by molar-refractivity contribution is 5.80. The number of likely N-dealkylation sites (N-methyl/N-ethyl adjacent to an activating group) is 1. The molecule has 2 aliphatic rings. The minimum absolute atomic E-state index is 0.256. The number of hydrogen-bond donors (Lipinski definition) is 1. The van der Waals surface area contributed by atoms with E-state index in [2.05, 4.69) is 17.9 Å². The fourth-order valence-electron chi connectivity index (χ4n) is 2.99. The highest BCUT2D eigenvalue weighted by Crippen LogP contribution is 2.21. The molecule has 0 bridgehead atoms. The lowest BCUT2D eigenvalue weighted by Crippen LogP contribution is -2.45. The summed E-state index contributed by atoms with van der Waals surface area (Å²) >= 11 is 0. The Labute approximate surface area is 116 Å². The minimum atomic E-state index is 0.256. The monoisotopic (exact) mass is 265 g/mol. The summed E-state index contributed by atoms with van der Waals surface area (Å²) in [6, 6.07) is 0.328. The molecule has 1 heterocycles. The number of carbonyl (C=O) groups excluding carboxylic acids is 1. The fourth-order valence-corrected chi connectivity index (χ4v) is 2.99. The van der Waals surface area contributed by atoms with E-state index >= 15 is 0 Å². The van der Waals surface area contributed by atoms with Gasteiger partial charge in [0.05, 0.1) is 6.54 Å². The first kappa shape index (κ1) is 14.5. The SMILES string of the molecule is CCN(C(=O)CN1CCC(N)CC1)C1=CCCCC1. The molecule has 1 aliphatic carbocycles. The summed E-state index contributed by atoms with van der Waals surface area (Å²) in [5.41, 5.74) is 7.14. The van der Waals surface area contributed by atoms with Crippen molar-refractivity contribution in [3.05, 3.63) is 11.8 Å². The third-order valence-electron chi connectivity index (χ3n) is 4.22. The van der Waals surface area contributed by atoms with Crippen molar-refractivity contribution in [2.45, 2.75) is 51.5 Å². The van der Waals surface area contributed by atoms with Gasteiger partial charge in [-0.1, -0.05) is 6.08 Å². The fraction of sp³-hybridized carbons (Fsp3) is 0.800. The number of piperidine rings is 1. The molecule has 0 aromatic heterocycles. The highest BCUT2D eigenvalue weighted by atomic mass is 16.2. The Hall–Kier alpha value is -0.870. The van der Waals surface area contributed by atoms with Crippen LogP contribution in [0.5, 0.6) is 0 Å². The van der Waals surface area contributed by atoms with Crippen LogP contribution >= 0.6 is 0 Å². The predicted molar refractivity (Wildman–Crippen MR) is 77.6 cm³/mol. The lowest BCUT2D eigenvalue weighted by molar-refractivity contribution is -0.130. The molecule has 1 amide bonds. The van der Waals surface area contributed by atoms with Crippen molar-refractivity contribution in [2.24, 2.45) is 5.73 Å². The average molecular weight is 265 g/mol. The molecule has 4 nitrogen and oxygen atoms in total. The molecule has 2 rings (SSSR count). The van der Waals surface area contributed by atoms with E-state index in [0.717, 1.165) is 45.3 Å². The van der Waals surface area contributed by atoms with Gasteiger partial charge in [0.1, 0.15) is 0 Å². The summed E-state index contributed by atoms with van der Waals surface area (Å²) in [6.07, 6.45) is 8.94. The van der Waals surface area contributed by atoms with E-state index in [9.17, 15) is 4.79 Å². The molecule has 0 aromatic rings. The predicted octanol–water partition coefficient (Wildman–Crippen LogP) is 1.72. The van der Waals surface area contributed by atoms with Crippen LogP contribution in [-0.2, 0) is 4.79 Å². The summed E-state index contributed by atoms with van der Waals surface area (Å²) in [5, 5.41) is 0. The highest BCUT2D eigenvalue weighted by Gasteiger charge is 2.22. The molecule has 0 atom stereocenters. The van der Waals surface area contributed by atoms with Crippen LogP contribution in [-0.4, -0.2) is 47.9 Å². The van der Waals surface area contributed by atoms with Gasteiger partial charge in [0.15, 0.2) is 0 Å². The first-order chi connectivity index (χ1) is 9.20. The van der Waals surface area contributed by atoms with Gasteiger partial charge in [-0.05, 0) is 45.4 Å². The lowest BCUT2D eigenvalue weighted by Gasteiger charge is -2.32. The second-order valence-corrected chi connectivity index (χ2v) is 5.69. The van der Waals surface area contributed by atoms with Gasteiger partial charge >= 0.3 is 0 Å². The zero-order valence-electron chi connectivity index (χ0n) is 12.1. The smallest absolute Gasteiger partial charge is 0.240 e. The number of hydrogen-bond acceptors (Lipinski definition) is 3. The van der Waals surface area contributed by atoms with Crippen molar-refractivity contribution in [1.29, 1.82) is 0 Å². The molecule has 0 spiro atoms. The lowest BCUT2D eigenvalue weighted by atomic mass is 10.0. The zero-order valence-corrected chi connectivity index (χ0v) is 12.1. The summed E-state index contributed by atoms with van der Waals surface area (Å²) < 4.78 is 0. The van der Waals surface area contributed by atoms with Gasteiger partial charge in [0.25, 0.3) is 0 Å². The van der Waals surface area contributed by atoms with Crippen LogP contribution in [0.3, 0.4) is 0 Å². The summed E-state index contributed by atoms with van der Waals surface area (Å²) in [6.45, 7) is 5.34. The first-order valence-corrected chi connectivity index (χ1v) is 7.68. The molecule has 108 valence electrons. The van der Waals surface area contributed by atoms with Crippen molar-refractivity contribution in [2.75, 3.05) is 26.2 Å². The van der Waals surface area contributed by atoms with Gasteiger partial charge in [-0.2, -0.15) is 0 Å². The number of nitrogens with zero attached hydrogens (tertiary/aromatic N) is 2. The molecule has 0 unspecified atom stereocenters. The van der Waals surface area contributed by atoms with Crippen LogP contribution in [0.4, 0.5) is 0 Å². The maximum atomic E-state index is 12.4. The van der Waals surface area contributed by atoms with Crippen molar-refractivity contribution < 1.29 is 4.79 Å². The topological polar surface area (TPSA) is 49.6 Å². The molecule has 1 fully saturated rings. The Bertz CT molecular complexity index is 332. The molecule has 2 N–H and O–H groups in total. The van der Waals surface area contributed by atoms with Crippen LogP contribution in [0.1, 0.15) is 45.4 Å². The number of nitrogens with two attached hydrogens (primary N) is 1. The first-order valence-electron chi connectivity index (χ1n) is 7.68. The van der Waals surface area contributed by atoms with Crippen molar-refractivity contribution >= 4 is 5.91 Å². The van der Waals surface area contributed by atoms with Gasteiger partial charge in [0.2, 0.25) is 5.91 Å². The third kappa shape index (κ3) is 4.05. The Morgan fingerprint density at radius 3 is 2.74 bits per heavy atom. The molecule has 1 aliphatic heterocycles. The second kappa shape index (κ2) is 7.06. The normalized spacial score (nSPS) is 22.1. The van der Waals surface area contributed by atoms with Crippen molar-refractivity contribution in [3.63, 3.8) is 0 Å². The van der Waals surface area contributed by atoms with Gasteiger partial charge < -0.3 is 10.6 Å². The van der Waals surface area contributed by atoms with E-state index in [1.54, 1.807) is 0 Å². The van der Waals surface area contributed by atoms with Crippen LogP contribution in [0.2, 0.25) is 0 Å². The maximum absolute atomic E-state index is 12.4. The molecule has 0 aromatic carbocycles. The maximum Gasteiger partial charge on any atom is 0.240 e. The zero-order chi connectivity index (χ0) is 13.7. The van der Waals surface area contributed by atoms with E-state index in [1.165, 1.54) is 18.5 Å². The van der Waals surface area contributed by atoms with Crippen LogP contribution in [0, 0.1) is 0 Å². The minimum Gasteiger partial charge on any atom is -0.328 e. The van der Waals surface area contributed by atoms with E-state index in [-0.39, 0.29) is 5.91 Å². The number of amides is 1. The Morgan fingerprint density at radius 2 is 2.16 bits per heavy atom. The second-order valence-electron chi connectivity index (χ2n) is 5.69. The van der Waals surface area contributed by atoms with E-state index in [1.807, 2.05) is 4.90 Å². The van der Waals surface area contributed by atoms with Crippen LogP contribution in [0.15, 0.2) is 11.8 Å².